The van der Waals surface area contributed by atoms with Gasteiger partial charge in [-0.25, -0.2) is 4.79 Å². The number of anilines is 2. The molecule has 4 rings (SSSR count). The number of nitrogens with one attached hydrogen (secondary N) is 1. The molecule has 0 saturated heterocycles. The first-order chi connectivity index (χ1) is 14.1. The van der Waals surface area contributed by atoms with Crippen LogP contribution in [0.1, 0.15) is 11.1 Å². The Kier molecular flexibility index (Phi) is 5.40. The van der Waals surface area contributed by atoms with Crippen LogP contribution in [0.3, 0.4) is 0 Å². The lowest BCUT2D eigenvalue weighted by Gasteiger charge is -2.26. The second kappa shape index (κ2) is 8.29. The maximum Gasteiger partial charge on any atom is 0.336 e. The van der Waals surface area contributed by atoms with Crippen LogP contribution in [0.4, 0.5) is 11.4 Å². The largest absolute Gasteiger partial charge is 0.423 e. The van der Waals surface area contributed by atoms with Gasteiger partial charge in [-0.15, -0.1) is 0 Å². The number of benzene rings is 3. The van der Waals surface area contributed by atoms with Crippen LogP contribution in [-0.4, -0.2) is 5.11 Å². The van der Waals surface area contributed by atoms with E-state index < -0.39 is 0 Å². The van der Waals surface area contributed by atoms with Gasteiger partial charge in [-0.3, -0.25) is 0 Å². The Balaban J connectivity index is 1.64. The van der Waals surface area contributed by atoms with E-state index in [-0.39, 0.29) is 5.63 Å². The molecule has 0 saturated carbocycles. The molecule has 4 aromatic rings. The molecule has 0 atom stereocenters. The first-order valence-electron chi connectivity index (χ1n) is 9.32. The van der Waals surface area contributed by atoms with Crippen molar-refractivity contribution in [3.63, 3.8) is 0 Å². The van der Waals surface area contributed by atoms with Crippen LogP contribution < -0.4 is 15.8 Å². The number of hydrogen-bond donors (Lipinski definition) is 1. The lowest BCUT2D eigenvalue weighted by atomic mass is 10.1. The number of aryl methyl sites for hydroxylation is 1. The Morgan fingerprint density at radius 3 is 2.38 bits per heavy atom. The summed E-state index contributed by atoms with van der Waals surface area (Å²) in [5.41, 5.74) is 3.99. The van der Waals surface area contributed by atoms with Crippen molar-refractivity contribution in [1.29, 1.82) is 0 Å². The molecule has 0 spiro atoms. The highest BCUT2D eigenvalue weighted by Gasteiger charge is 2.14. The van der Waals surface area contributed by atoms with Gasteiger partial charge in [0.15, 0.2) is 5.11 Å². The van der Waals surface area contributed by atoms with E-state index in [2.05, 4.69) is 17.4 Å². The lowest BCUT2D eigenvalue weighted by Crippen LogP contribution is -2.34. The van der Waals surface area contributed by atoms with Crippen LogP contribution in [-0.2, 0) is 6.54 Å². The van der Waals surface area contributed by atoms with Crippen LogP contribution in [0.5, 0.6) is 0 Å². The average molecular weight is 401 g/mol. The van der Waals surface area contributed by atoms with Gasteiger partial charge in [0, 0.05) is 28.9 Å². The van der Waals surface area contributed by atoms with E-state index in [1.165, 1.54) is 6.07 Å². The zero-order chi connectivity index (χ0) is 20.2. The molecule has 29 heavy (non-hydrogen) atoms. The van der Waals surface area contributed by atoms with E-state index in [1.54, 1.807) is 0 Å². The summed E-state index contributed by atoms with van der Waals surface area (Å²) >= 11 is 5.74. The van der Waals surface area contributed by atoms with Gasteiger partial charge in [-0.1, -0.05) is 48.5 Å². The number of nitrogens with zero attached hydrogens (tertiary/aromatic N) is 1. The Hall–Kier alpha value is -3.44. The molecule has 1 N–H and O–H groups in total. The van der Waals surface area contributed by atoms with Crippen molar-refractivity contribution in [2.45, 2.75) is 13.5 Å². The summed E-state index contributed by atoms with van der Waals surface area (Å²) < 4.78 is 5.35. The molecule has 0 aliphatic carbocycles. The molecule has 0 fully saturated rings. The summed E-state index contributed by atoms with van der Waals surface area (Å²) in [5, 5.41) is 4.76. The zero-order valence-electron chi connectivity index (χ0n) is 16.0. The molecule has 0 amide bonds. The molecule has 0 aliphatic heterocycles. The number of thiocarbonyl (C=S) groups is 1. The Bertz CT molecular complexity index is 1200. The fourth-order valence-corrected chi connectivity index (χ4v) is 3.54. The van der Waals surface area contributed by atoms with Crippen molar-refractivity contribution >= 4 is 39.7 Å². The van der Waals surface area contributed by atoms with Crippen molar-refractivity contribution in [3.8, 4) is 0 Å². The van der Waals surface area contributed by atoms with Crippen molar-refractivity contribution < 1.29 is 4.42 Å². The van der Waals surface area contributed by atoms with Gasteiger partial charge < -0.3 is 14.6 Å². The third kappa shape index (κ3) is 4.36. The summed E-state index contributed by atoms with van der Waals surface area (Å²) in [6, 6.07) is 27.4. The minimum Gasteiger partial charge on any atom is -0.423 e. The standard InChI is InChI=1S/C24H20N2O2S/c1-17-14-23(27)28-22-15-19(12-13-21(17)22)25-24(29)26(20-10-6-3-7-11-20)16-18-8-4-2-5-9-18/h2-15H,16H2,1H3,(H,25,29). The summed E-state index contributed by atoms with van der Waals surface area (Å²) in [4.78, 5) is 13.8. The number of fused-ring (bicyclic) bond motifs is 1. The van der Waals surface area contributed by atoms with Gasteiger partial charge >= 0.3 is 5.63 Å². The number of rotatable bonds is 4. The molecular formula is C24H20N2O2S. The number of para-hydroxylation sites is 1. The monoisotopic (exact) mass is 400 g/mol. The van der Waals surface area contributed by atoms with Gasteiger partial charge in [-0.05, 0) is 54.5 Å². The summed E-state index contributed by atoms with van der Waals surface area (Å²) in [6.07, 6.45) is 0. The topological polar surface area (TPSA) is 45.5 Å². The zero-order valence-corrected chi connectivity index (χ0v) is 16.8. The molecule has 1 heterocycles. The minimum absolute atomic E-state index is 0.357. The second-order valence-corrected chi connectivity index (χ2v) is 7.18. The fourth-order valence-electron chi connectivity index (χ4n) is 3.25. The highest BCUT2D eigenvalue weighted by molar-refractivity contribution is 7.80. The Morgan fingerprint density at radius 1 is 0.966 bits per heavy atom. The predicted molar refractivity (Wildman–Crippen MR) is 123 cm³/mol. The van der Waals surface area contributed by atoms with Crippen LogP contribution in [0, 0.1) is 6.92 Å². The third-order valence-electron chi connectivity index (χ3n) is 4.70. The molecule has 3 aromatic carbocycles. The maximum atomic E-state index is 11.7. The normalized spacial score (nSPS) is 10.7. The molecule has 0 unspecified atom stereocenters. The summed E-state index contributed by atoms with van der Waals surface area (Å²) in [6.45, 7) is 2.53. The van der Waals surface area contributed by atoms with Crippen LogP contribution >= 0.6 is 12.2 Å². The van der Waals surface area contributed by atoms with Gasteiger partial charge in [0.1, 0.15) is 5.58 Å². The minimum atomic E-state index is -0.357. The number of hydrogen-bond acceptors (Lipinski definition) is 3. The van der Waals surface area contributed by atoms with E-state index in [1.807, 2.05) is 78.6 Å². The molecule has 0 aliphatic rings. The van der Waals surface area contributed by atoms with E-state index in [0.29, 0.717) is 17.2 Å². The first kappa shape index (κ1) is 18.9. The first-order valence-corrected chi connectivity index (χ1v) is 9.73. The van der Waals surface area contributed by atoms with Crippen LogP contribution in [0.15, 0.2) is 94.1 Å². The molecule has 0 bridgehead atoms. The highest BCUT2D eigenvalue weighted by Crippen LogP contribution is 2.23. The molecule has 1 aromatic heterocycles. The van der Waals surface area contributed by atoms with Crippen molar-refractivity contribution in [2.75, 3.05) is 10.2 Å². The van der Waals surface area contributed by atoms with E-state index in [4.69, 9.17) is 16.6 Å². The highest BCUT2D eigenvalue weighted by atomic mass is 32.1. The predicted octanol–water partition coefficient (Wildman–Crippen LogP) is 5.51. The molecule has 0 radical (unpaired) electrons. The SMILES string of the molecule is Cc1cc(=O)oc2cc(NC(=S)N(Cc3ccccc3)c3ccccc3)ccc12. The van der Waals surface area contributed by atoms with Crippen LogP contribution in [0.2, 0.25) is 0 Å². The molecule has 144 valence electrons. The fraction of sp³-hybridized carbons (Fsp3) is 0.0833. The van der Waals surface area contributed by atoms with Crippen molar-refractivity contribution in [1.82, 2.24) is 0 Å². The Labute approximate surface area is 174 Å². The molecule has 4 nitrogen and oxygen atoms in total. The average Bonchev–Trinajstić information content (AvgIpc) is 2.73. The quantitative estimate of drug-likeness (QED) is 0.362. The lowest BCUT2D eigenvalue weighted by molar-refractivity contribution is 0.560. The van der Waals surface area contributed by atoms with Crippen molar-refractivity contribution in [3.05, 3.63) is 106 Å². The Morgan fingerprint density at radius 2 is 1.66 bits per heavy atom. The smallest absolute Gasteiger partial charge is 0.336 e. The van der Waals surface area contributed by atoms with Crippen molar-refractivity contribution in [2.24, 2.45) is 0 Å². The van der Waals surface area contributed by atoms with Gasteiger partial charge in [0.25, 0.3) is 0 Å². The molecular weight excluding hydrogens is 380 g/mol. The summed E-state index contributed by atoms with van der Waals surface area (Å²) in [7, 11) is 0. The third-order valence-corrected chi connectivity index (χ3v) is 5.02. The van der Waals surface area contributed by atoms with Gasteiger partial charge in [0.2, 0.25) is 0 Å². The van der Waals surface area contributed by atoms with Gasteiger partial charge in [-0.2, -0.15) is 0 Å². The van der Waals surface area contributed by atoms with E-state index in [9.17, 15) is 4.79 Å². The summed E-state index contributed by atoms with van der Waals surface area (Å²) in [5.74, 6) is 0. The molecule has 5 heteroatoms. The maximum absolute atomic E-state index is 11.7. The second-order valence-electron chi connectivity index (χ2n) is 6.80. The van der Waals surface area contributed by atoms with E-state index in [0.717, 1.165) is 27.9 Å². The van der Waals surface area contributed by atoms with E-state index >= 15 is 0 Å². The van der Waals surface area contributed by atoms with Gasteiger partial charge in [0.05, 0.1) is 6.54 Å². The van der Waals surface area contributed by atoms with Crippen LogP contribution in [0.25, 0.3) is 11.0 Å².